The summed E-state index contributed by atoms with van der Waals surface area (Å²) in [4.78, 5) is 16.1. The van der Waals surface area contributed by atoms with Crippen molar-refractivity contribution in [1.82, 2.24) is 20.1 Å². The molecule has 0 aliphatic heterocycles. The zero-order valence-corrected chi connectivity index (χ0v) is 13.5. The molecule has 1 amide bonds. The monoisotopic (exact) mass is 324 g/mol. The van der Waals surface area contributed by atoms with Crippen molar-refractivity contribution in [3.63, 3.8) is 0 Å². The van der Waals surface area contributed by atoms with Crippen LogP contribution in [0.25, 0.3) is 11.8 Å². The molecule has 0 fully saturated rings. The minimum absolute atomic E-state index is 0.133. The molecule has 0 saturated carbocycles. The summed E-state index contributed by atoms with van der Waals surface area (Å²) in [6.45, 7) is 2.42. The summed E-state index contributed by atoms with van der Waals surface area (Å²) in [7, 11) is 0. The Hall–Kier alpha value is -2.73. The van der Waals surface area contributed by atoms with E-state index in [1.807, 2.05) is 48.8 Å². The van der Waals surface area contributed by atoms with Crippen molar-refractivity contribution >= 4 is 23.3 Å². The molecule has 3 rings (SSSR count). The highest BCUT2D eigenvalue weighted by Gasteiger charge is 2.00. The summed E-state index contributed by atoms with van der Waals surface area (Å²) in [6.07, 6.45) is 6.86. The number of nitrogens with zero attached hydrogens (tertiary/aromatic N) is 3. The maximum atomic E-state index is 11.8. The molecule has 0 bridgehead atoms. The van der Waals surface area contributed by atoms with Gasteiger partial charge in [-0.05, 0) is 36.8 Å². The van der Waals surface area contributed by atoms with Gasteiger partial charge in [-0.2, -0.15) is 5.10 Å². The summed E-state index contributed by atoms with van der Waals surface area (Å²) in [6, 6.07) is 9.78. The van der Waals surface area contributed by atoms with E-state index in [9.17, 15) is 4.79 Å². The molecule has 0 radical (unpaired) electrons. The Labute approximate surface area is 138 Å². The van der Waals surface area contributed by atoms with E-state index >= 15 is 0 Å². The molecule has 0 spiro atoms. The number of aromatic nitrogens is 3. The molecule has 1 N–H and O–H groups in total. The lowest BCUT2D eigenvalue weighted by Crippen LogP contribution is -2.20. The first-order valence-electron chi connectivity index (χ1n) is 7.18. The van der Waals surface area contributed by atoms with Crippen molar-refractivity contribution in [3.05, 3.63) is 70.4 Å². The minimum Gasteiger partial charge on any atom is -0.348 e. The number of carbonyl (C=O) groups excluding carboxylic acids is 1. The first-order valence-corrected chi connectivity index (χ1v) is 8.06. The van der Waals surface area contributed by atoms with Gasteiger partial charge in [0.05, 0.1) is 16.4 Å². The van der Waals surface area contributed by atoms with E-state index in [0.29, 0.717) is 6.54 Å². The van der Waals surface area contributed by atoms with Crippen molar-refractivity contribution in [2.45, 2.75) is 13.5 Å². The molecule has 2 aromatic heterocycles. The van der Waals surface area contributed by atoms with Gasteiger partial charge in [0, 0.05) is 30.4 Å². The van der Waals surface area contributed by atoms with E-state index in [0.717, 1.165) is 22.0 Å². The van der Waals surface area contributed by atoms with Crippen molar-refractivity contribution in [3.8, 4) is 5.69 Å². The molecular formula is C17H16N4OS. The van der Waals surface area contributed by atoms with E-state index in [2.05, 4.69) is 15.4 Å². The lowest BCUT2D eigenvalue weighted by atomic mass is 10.2. The van der Waals surface area contributed by atoms with Crippen LogP contribution in [0, 0.1) is 6.92 Å². The molecular weight excluding hydrogens is 308 g/mol. The quantitative estimate of drug-likeness (QED) is 0.734. The van der Waals surface area contributed by atoms with Crippen molar-refractivity contribution < 1.29 is 4.79 Å². The molecule has 116 valence electrons. The molecule has 0 saturated heterocycles. The van der Waals surface area contributed by atoms with Gasteiger partial charge in [-0.1, -0.05) is 12.1 Å². The first kappa shape index (κ1) is 15.2. The second-order valence-electron chi connectivity index (χ2n) is 4.96. The average Bonchev–Trinajstić information content (AvgIpc) is 3.23. The Morgan fingerprint density at radius 2 is 2.17 bits per heavy atom. The van der Waals surface area contributed by atoms with Gasteiger partial charge in [0.25, 0.3) is 0 Å². The third-order valence-corrected chi connectivity index (χ3v) is 4.01. The van der Waals surface area contributed by atoms with Crippen LogP contribution in [0.5, 0.6) is 0 Å². The maximum Gasteiger partial charge on any atom is 0.244 e. The van der Waals surface area contributed by atoms with Gasteiger partial charge in [0.2, 0.25) is 5.91 Å². The van der Waals surface area contributed by atoms with Crippen LogP contribution in [0.4, 0.5) is 0 Å². The predicted molar refractivity (Wildman–Crippen MR) is 91.3 cm³/mol. The molecule has 2 heterocycles. The fourth-order valence-corrected chi connectivity index (χ4v) is 2.63. The highest BCUT2D eigenvalue weighted by atomic mass is 32.1. The van der Waals surface area contributed by atoms with E-state index in [-0.39, 0.29) is 5.91 Å². The summed E-state index contributed by atoms with van der Waals surface area (Å²) in [5.41, 5.74) is 2.84. The molecule has 3 aromatic rings. The number of hydrogen-bond acceptors (Lipinski definition) is 4. The SMILES string of the molecule is Cc1nc(C=CC(=O)NCc2ccc(-n3cccn3)cc2)cs1. The number of carbonyl (C=O) groups is 1. The Balaban J connectivity index is 1.53. The fourth-order valence-electron chi connectivity index (χ4n) is 2.05. The Kier molecular flexibility index (Phi) is 4.63. The van der Waals surface area contributed by atoms with Gasteiger partial charge in [-0.15, -0.1) is 11.3 Å². The largest absolute Gasteiger partial charge is 0.348 e. The van der Waals surface area contributed by atoms with Crippen LogP contribution in [-0.4, -0.2) is 20.7 Å². The summed E-state index contributed by atoms with van der Waals surface area (Å²) in [5.74, 6) is -0.133. The summed E-state index contributed by atoms with van der Waals surface area (Å²) in [5, 5.41) is 9.95. The van der Waals surface area contributed by atoms with Crippen LogP contribution in [0.1, 0.15) is 16.3 Å². The van der Waals surface area contributed by atoms with Crippen molar-refractivity contribution in [2.75, 3.05) is 0 Å². The molecule has 0 atom stereocenters. The van der Waals surface area contributed by atoms with E-state index in [1.165, 1.54) is 6.08 Å². The normalized spacial score (nSPS) is 11.0. The van der Waals surface area contributed by atoms with Gasteiger partial charge < -0.3 is 5.32 Å². The van der Waals surface area contributed by atoms with Crippen LogP contribution in [0.15, 0.2) is 54.2 Å². The smallest absolute Gasteiger partial charge is 0.244 e. The fraction of sp³-hybridized carbons (Fsp3) is 0.118. The molecule has 0 unspecified atom stereocenters. The molecule has 5 nitrogen and oxygen atoms in total. The second kappa shape index (κ2) is 7.02. The van der Waals surface area contributed by atoms with E-state index < -0.39 is 0 Å². The average molecular weight is 324 g/mol. The number of aryl methyl sites for hydroxylation is 1. The lowest BCUT2D eigenvalue weighted by Gasteiger charge is -2.05. The number of amides is 1. The van der Waals surface area contributed by atoms with Crippen molar-refractivity contribution in [2.24, 2.45) is 0 Å². The Morgan fingerprint density at radius 3 is 2.83 bits per heavy atom. The second-order valence-corrected chi connectivity index (χ2v) is 6.02. The van der Waals surface area contributed by atoms with Gasteiger partial charge in [0.15, 0.2) is 0 Å². The zero-order valence-electron chi connectivity index (χ0n) is 12.6. The Morgan fingerprint density at radius 1 is 1.35 bits per heavy atom. The lowest BCUT2D eigenvalue weighted by molar-refractivity contribution is -0.116. The van der Waals surface area contributed by atoms with Crippen LogP contribution in [-0.2, 0) is 11.3 Å². The molecule has 0 aliphatic carbocycles. The van der Waals surface area contributed by atoms with E-state index in [4.69, 9.17) is 0 Å². The molecule has 23 heavy (non-hydrogen) atoms. The van der Waals surface area contributed by atoms with Crippen molar-refractivity contribution in [1.29, 1.82) is 0 Å². The number of hydrogen-bond donors (Lipinski definition) is 1. The molecule has 1 aromatic carbocycles. The van der Waals surface area contributed by atoms with Crippen LogP contribution < -0.4 is 5.32 Å². The van der Waals surface area contributed by atoms with Gasteiger partial charge in [0.1, 0.15) is 0 Å². The van der Waals surface area contributed by atoms with Gasteiger partial charge >= 0.3 is 0 Å². The Bertz CT molecular complexity index is 804. The standard InChI is InChI=1S/C17H16N4OS/c1-13-20-15(12-23-13)5-8-17(22)18-11-14-3-6-16(7-4-14)21-10-2-9-19-21/h2-10,12H,11H2,1H3,(H,18,22). The number of benzene rings is 1. The van der Waals surface area contributed by atoms with Gasteiger partial charge in [-0.3, -0.25) is 4.79 Å². The molecule has 0 aliphatic rings. The van der Waals surface area contributed by atoms with Crippen LogP contribution >= 0.6 is 11.3 Å². The zero-order chi connectivity index (χ0) is 16.1. The first-order chi connectivity index (χ1) is 11.2. The number of thiazole rings is 1. The van der Waals surface area contributed by atoms with Crippen LogP contribution in [0.2, 0.25) is 0 Å². The topological polar surface area (TPSA) is 59.8 Å². The highest BCUT2D eigenvalue weighted by Crippen LogP contribution is 2.10. The molecule has 6 heteroatoms. The summed E-state index contributed by atoms with van der Waals surface area (Å²) < 4.78 is 1.79. The third kappa shape index (κ3) is 4.14. The summed E-state index contributed by atoms with van der Waals surface area (Å²) >= 11 is 1.57. The number of rotatable bonds is 5. The predicted octanol–water partition coefficient (Wildman–Crippen LogP) is 2.97. The third-order valence-electron chi connectivity index (χ3n) is 3.21. The van der Waals surface area contributed by atoms with Crippen LogP contribution in [0.3, 0.4) is 0 Å². The maximum absolute atomic E-state index is 11.8. The van der Waals surface area contributed by atoms with E-state index in [1.54, 1.807) is 28.3 Å². The highest BCUT2D eigenvalue weighted by molar-refractivity contribution is 7.09. The minimum atomic E-state index is -0.133. The number of nitrogens with one attached hydrogen (secondary N) is 1. The van der Waals surface area contributed by atoms with Gasteiger partial charge in [-0.25, -0.2) is 9.67 Å².